The number of anilines is 1. The number of methoxy groups -OCH3 is 1. The van der Waals surface area contributed by atoms with Gasteiger partial charge in [-0.3, -0.25) is 0 Å². The Labute approximate surface area is 137 Å². The Morgan fingerprint density at radius 2 is 1.91 bits per heavy atom. The van der Waals surface area contributed by atoms with Crippen LogP contribution in [0.2, 0.25) is 0 Å². The Morgan fingerprint density at radius 1 is 1.17 bits per heavy atom. The van der Waals surface area contributed by atoms with Gasteiger partial charge in [-0.2, -0.15) is 0 Å². The van der Waals surface area contributed by atoms with Crippen LogP contribution in [-0.2, 0) is 0 Å². The molecule has 0 spiro atoms. The average molecular weight is 312 g/mol. The number of urea groups is 1. The number of hydrogen-bond acceptors (Lipinski definition) is 2. The van der Waals surface area contributed by atoms with E-state index in [1.54, 1.807) is 7.11 Å². The molecule has 2 N–H and O–H groups in total. The second-order valence-electron chi connectivity index (χ2n) is 5.62. The third-order valence-corrected chi connectivity index (χ3v) is 3.87. The minimum Gasteiger partial charge on any atom is -0.495 e. The van der Waals surface area contributed by atoms with E-state index in [4.69, 9.17) is 4.74 Å². The zero-order valence-corrected chi connectivity index (χ0v) is 14.1. The van der Waals surface area contributed by atoms with E-state index >= 15 is 0 Å². The van der Waals surface area contributed by atoms with Crippen LogP contribution in [0, 0.1) is 13.8 Å². The first kappa shape index (κ1) is 16.9. The number of hydrogen-bond donors (Lipinski definition) is 2. The Hall–Kier alpha value is -2.49. The van der Waals surface area contributed by atoms with Gasteiger partial charge in [0.2, 0.25) is 0 Å². The molecule has 0 bridgehead atoms. The summed E-state index contributed by atoms with van der Waals surface area (Å²) < 4.78 is 5.25. The highest BCUT2D eigenvalue weighted by Crippen LogP contribution is 2.24. The van der Waals surface area contributed by atoms with Crippen LogP contribution in [0.25, 0.3) is 0 Å². The largest absolute Gasteiger partial charge is 0.495 e. The van der Waals surface area contributed by atoms with Crippen molar-refractivity contribution in [3.05, 3.63) is 59.2 Å². The van der Waals surface area contributed by atoms with E-state index < -0.39 is 0 Å². The number of carbonyl (C=O) groups excluding carboxylic acids is 1. The molecule has 23 heavy (non-hydrogen) atoms. The molecule has 0 aliphatic rings. The highest BCUT2D eigenvalue weighted by Gasteiger charge is 2.15. The van der Waals surface area contributed by atoms with Crippen LogP contribution in [0.15, 0.2) is 42.5 Å². The van der Waals surface area contributed by atoms with E-state index in [1.807, 2.05) is 24.3 Å². The highest BCUT2D eigenvalue weighted by molar-refractivity contribution is 5.91. The Morgan fingerprint density at radius 3 is 2.57 bits per heavy atom. The number of aryl methyl sites for hydroxylation is 2. The van der Waals surface area contributed by atoms with Gasteiger partial charge in [-0.1, -0.05) is 42.8 Å². The summed E-state index contributed by atoms with van der Waals surface area (Å²) in [5, 5.41) is 5.89. The fraction of sp³-hybridized carbons (Fsp3) is 0.316. The van der Waals surface area contributed by atoms with Crippen LogP contribution in [-0.4, -0.2) is 13.1 Å². The lowest BCUT2D eigenvalue weighted by atomic mass is 9.98. The van der Waals surface area contributed by atoms with Crippen LogP contribution in [0.4, 0.5) is 10.5 Å². The van der Waals surface area contributed by atoms with Gasteiger partial charge in [0.1, 0.15) is 5.75 Å². The monoisotopic (exact) mass is 312 g/mol. The van der Waals surface area contributed by atoms with E-state index in [0.29, 0.717) is 11.4 Å². The summed E-state index contributed by atoms with van der Waals surface area (Å²) in [4.78, 5) is 12.3. The standard InChI is InChI=1S/C19H24N2O2/c1-5-16(15-11-10-13(2)12-14(15)3)20-19(22)21-17-8-6-7-9-18(17)23-4/h6-12,16H,5H2,1-4H3,(H2,20,21,22). The first-order chi connectivity index (χ1) is 11.0. The SMILES string of the molecule is CCC(NC(=O)Nc1ccccc1OC)c1ccc(C)cc1C. The van der Waals surface area contributed by atoms with Crippen LogP contribution in [0.5, 0.6) is 5.75 Å². The molecule has 0 aliphatic heterocycles. The molecule has 0 saturated heterocycles. The van der Waals surface area contributed by atoms with Crippen molar-refractivity contribution in [3.63, 3.8) is 0 Å². The fourth-order valence-corrected chi connectivity index (χ4v) is 2.68. The van der Waals surface area contributed by atoms with Gasteiger partial charge in [0, 0.05) is 0 Å². The van der Waals surface area contributed by atoms with Gasteiger partial charge in [0.25, 0.3) is 0 Å². The summed E-state index contributed by atoms with van der Waals surface area (Å²) in [6, 6.07) is 13.4. The van der Waals surface area contributed by atoms with E-state index in [0.717, 1.165) is 12.0 Å². The lowest BCUT2D eigenvalue weighted by molar-refractivity contribution is 0.248. The number of rotatable bonds is 5. The molecule has 122 valence electrons. The molecular formula is C19H24N2O2. The number of ether oxygens (including phenoxy) is 1. The van der Waals surface area contributed by atoms with Crippen molar-refractivity contribution in [3.8, 4) is 5.75 Å². The number of benzene rings is 2. The zero-order chi connectivity index (χ0) is 16.8. The molecule has 0 heterocycles. The summed E-state index contributed by atoms with van der Waals surface area (Å²) >= 11 is 0. The van der Waals surface area contributed by atoms with Crippen molar-refractivity contribution >= 4 is 11.7 Å². The van der Waals surface area contributed by atoms with Gasteiger partial charge in [-0.25, -0.2) is 4.79 Å². The normalized spacial score (nSPS) is 11.7. The molecule has 2 aromatic rings. The quantitative estimate of drug-likeness (QED) is 0.848. The molecule has 0 aliphatic carbocycles. The predicted molar refractivity (Wildman–Crippen MR) is 94.1 cm³/mol. The smallest absolute Gasteiger partial charge is 0.319 e. The molecule has 2 rings (SSSR count). The lowest BCUT2D eigenvalue weighted by Gasteiger charge is -2.20. The van der Waals surface area contributed by atoms with Crippen LogP contribution >= 0.6 is 0 Å². The summed E-state index contributed by atoms with van der Waals surface area (Å²) in [6.07, 6.45) is 0.823. The van der Waals surface area contributed by atoms with E-state index in [-0.39, 0.29) is 12.1 Å². The maximum atomic E-state index is 12.3. The van der Waals surface area contributed by atoms with Crippen molar-refractivity contribution in [1.82, 2.24) is 5.32 Å². The third kappa shape index (κ3) is 4.25. The summed E-state index contributed by atoms with van der Waals surface area (Å²) in [6.45, 7) is 6.21. The Balaban J connectivity index is 2.11. The average Bonchev–Trinajstić information content (AvgIpc) is 2.53. The van der Waals surface area contributed by atoms with Gasteiger partial charge in [-0.15, -0.1) is 0 Å². The molecule has 2 amide bonds. The van der Waals surface area contributed by atoms with Crippen LogP contribution in [0.3, 0.4) is 0 Å². The molecule has 1 atom stereocenters. The number of carbonyl (C=O) groups is 1. The number of amides is 2. The minimum atomic E-state index is -0.235. The molecule has 0 aromatic heterocycles. The fourth-order valence-electron chi connectivity index (χ4n) is 2.68. The molecule has 0 fully saturated rings. The van der Waals surface area contributed by atoms with Crippen molar-refractivity contribution in [2.75, 3.05) is 12.4 Å². The maximum absolute atomic E-state index is 12.3. The molecule has 4 nitrogen and oxygen atoms in total. The second-order valence-corrected chi connectivity index (χ2v) is 5.62. The van der Waals surface area contributed by atoms with E-state index in [1.165, 1.54) is 11.1 Å². The number of para-hydroxylation sites is 2. The van der Waals surface area contributed by atoms with Crippen molar-refractivity contribution < 1.29 is 9.53 Å². The van der Waals surface area contributed by atoms with Crippen molar-refractivity contribution in [2.24, 2.45) is 0 Å². The highest BCUT2D eigenvalue weighted by atomic mass is 16.5. The lowest BCUT2D eigenvalue weighted by Crippen LogP contribution is -2.32. The van der Waals surface area contributed by atoms with Gasteiger partial charge < -0.3 is 15.4 Å². The van der Waals surface area contributed by atoms with Gasteiger partial charge in [0.05, 0.1) is 18.8 Å². The second kappa shape index (κ2) is 7.68. The van der Waals surface area contributed by atoms with Gasteiger partial charge in [-0.05, 0) is 43.5 Å². The van der Waals surface area contributed by atoms with E-state index in [9.17, 15) is 4.79 Å². The molecule has 2 aromatic carbocycles. The molecule has 0 saturated carbocycles. The first-order valence-corrected chi connectivity index (χ1v) is 7.82. The summed E-state index contributed by atoms with van der Waals surface area (Å²) in [5.74, 6) is 0.641. The Kier molecular flexibility index (Phi) is 5.63. The molecule has 1 unspecified atom stereocenters. The zero-order valence-electron chi connectivity index (χ0n) is 14.1. The summed E-state index contributed by atoms with van der Waals surface area (Å²) in [5.41, 5.74) is 4.21. The molecule has 0 radical (unpaired) electrons. The summed E-state index contributed by atoms with van der Waals surface area (Å²) in [7, 11) is 1.59. The van der Waals surface area contributed by atoms with Crippen molar-refractivity contribution in [2.45, 2.75) is 33.2 Å². The Bertz CT molecular complexity index is 683. The van der Waals surface area contributed by atoms with Gasteiger partial charge in [0.15, 0.2) is 0 Å². The maximum Gasteiger partial charge on any atom is 0.319 e. The topological polar surface area (TPSA) is 50.4 Å². The molecular weight excluding hydrogens is 288 g/mol. The van der Waals surface area contributed by atoms with Crippen LogP contribution < -0.4 is 15.4 Å². The number of nitrogens with one attached hydrogen (secondary N) is 2. The first-order valence-electron chi connectivity index (χ1n) is 7.82. The minimum absolute atomic E-state index is 0.0229. The third-order valence-electron chi connectivity index (χ3n) is 3.87. The van der Waals surface area contributed by atoms with E-state index in [2.05, 4.69) is 49.6 Å². The van der Waals surface area contributed by atoms with Gasteiger partial charge >= 0.3 is 6.03 Å². The van der Waals surface area contributed by atoms with Crippen LogP contribution in [0.1, 0.15) is 36.1 Å². The van der Waals surface area contributed by atoms with Crippen molar-refractivity contribution in [1.29, 1.82) is 0 Å². The molecule has 4 heteroatoms. The predicted octanol–water partition coefficient (Wildman–Crippen LogP) is 4.58.